The predicted octanol–water partition coefficient (Wildman–Crippen LogP) is 10.6. The second-order valence-corrected chi connectivity index (χ2v) is 15.8. The van der Waals surface area contributed by atoms with Crippen LogP contribution in [0, 0.1) is 0 Å². The Balaban J connectivity index is 1.60. The van der Waals surface area contributed by atoms with Gasteiger partial charge in [0.15, 0.2) is 5.65 Å². The fourth-order valence-corrected chi connectivity index (χ4v) is 6.03. The fraction of sp³-hybridized carbons (Fsp3) is 0.310. The van der Waals surface area contributed by atoms with Crippen molar-refractivity contribution in [1.29, 1.82) is 0 Å². The van der Waals surface area contributed by atoms with Gasteiger partial charge in [0.25, 0.3) is 0 Å². The lowest BCUT2D eigenvalue weighted by Crippen LogP contribution is -2.16. The van der Waals surface area contributed by atoms with E-state index >= 15 is 0 Å². The summed E-state index contributed by atoms with van der Waals surface area (Å²) in [6, 6.07) is 27.6. The molecular weight excluding hydrogens is 576 g/mol. The van der Waals surface area contributed by atoms with Gasteiger partial charge in [0, 0.05) is 30.6 Å². The Morgan fingerprint density at radius 3 is 1.79 bits per heavy atom. The Hall–Kier alpha value is -4.77. The monoisotopic (exact) mass is 622 g/mol. The number of hydrogen-bond donors (Lipinski definition) is 1. The van der Waals surface area contributed by atoms with Crippen LogP contribution in [0.2, 0.25) is 0 Å². The van der Waals surface area contributed by atoms with Crippen molar-refractivity contribution >= 4 is 11.2 Å². The van der Waals surface area contributed by atoms with Gasteiger partial charge in [-0.2, -0.15) is 0 Å². The molecule has 3 aromatic heterocycles. The maximum Gasteiger partial charge on any atom is 0.160 e. The highest BCUT2D eigenvalue weighted by molar-refractivity contribution is 5.94. The predicted molar refractivity (Wildman–Crippen MR) is 196 cm³/mol. The number of aromatic nitrogens is 4. The molecule has 240 valence electrons. The van der Waals surface area contributed by atoms with E-state index in [2.05, 4.69) is 105 Å². The van der Waals surface area contributed by atoms with Crippen LogP contribution in [-0.2, 0) is 23.3 Å². The molecule has 0 atom stereocenters. The molecule has 0 fully saturated rings. The van der Waals surface area contributed by atoms with Gasteiger partial charge >= 0.3 is 0 Å². The van der Waals surface area contributed by atoms with Crippen LogP contribution in [0.1, 0.15) is 79.0 Å². The second kappa shape index (κ2) is 11.5. The molecule has 0 spiro atoms. The number of aromatic hydroxyl groups is 1. The molecule has 6 aromatic rings. The molecule has 0 bridgehead atoms. The highest BCUT2D eigenvalue weighted by Gasteiger charge is 2.23. The average Bonchev–Trinajstić information content (AvgIpc) is 3.36. The normalized spacial score (nSPS) is 12.6. The van der Waals surface area contributed by atoms with E-state index < -0.39 is 0 Å². The summed E-state index contributed by atoms with van der Waals surface area (Å²) in [5, 5.41) is 11.0. The molecule has 6 rings (SSSR count). The van der Waals surface area contributed by atoms with Crippen molar-refractivity contribution in [3.8, 4) is 50.6 Å². The van der Waals surface area contributed by atoms with Gasteiger partial charge in [0.05, 0.1) is 11.3 Å². The van der Waals surface area contributed by atoms with Crippen molar-refractivity contribution in [2.45, 2.75) is 78.6 Å². The standard InChI is InChI=1S/C42H46N4O/c1-40(2,3)30-14-15-36(47)34(25-30)38-45-37-33(16-18-44-39(37)46(38)10)28-19-26(20-29(21-28)35-13-11-12-17-43-35)27-22-31(41(4,5)6)24-32(23-27)42(7,8)9/h11-25,47H,1-10H3. The molecule has 0 aliphatic heterocycles. The fourth-order valence-electron chi connectivity index (χ4n) is 6.03. The second-order valence-electron chi connectivity index (χ2n) is 15.8. The molecule has 0 saturated carbocycles. The van der Waals surface area contributed by atoms with Gasteiger partial charge in [-0.3, -0.25) is 4.98 Å². The number of pyridine rings is 2. The van der Waals surface area contributed by atoms with Crippen LogP contribution in [0.15, 0.2) is 91.3 Å². The minimum atomic E-state index is -0.0735. The minimum Gasteiger partial charge on any atom is -0.507 e. The van der Waals surface area contributed by atoms with Crippen LogP contribution in [-0.4, -0.2) is 24.6 Å². The topological polar surface area (TPSA) is 63.8 Å². The Morgan fingerprint density at radius 2 is 1.17 bits per heavy atom. The number of aryl methyl sites for hydroxylation is 1. The first-order valence-electron chi connectivity index (χ1n) is 16.4. The first-order valence-corrected chi connectivity index (χ1v) is 16.4. The molecule has 3 heterocycles. The first kappa shape index (κ1) is 32.2. The molecule has 0 unspecified atom stereocenters. The zero-order valence-corrected chi connectivity index (χ0v) is 29.4. The third-order valence-corrected chi connectivity index (χ3v) is 9.06. The van der Waals surface area contributed by atoms with E-state index in [-0.39, 0.29) is 22.0 Å². The summed E-state index contributed by atoms with van der Waals surface area (Å²) in [6.07, 6.45) is 3.69. The van der Waals surface area contributed by atoms with Crippen LogP contribution in [0.5, 0.6) is 5.75 Å². The zero-order valence-electron chi connectivity index (χ0n) is 29.4. The Morgan fingerprint density at radius 1 is 0.553 bits per heavy atom. The van der Waals surface area contributed by atoms with E-state index in [0.29, 0.717) is 11.4 Å². The maximum atomic E-state index is 11.0. The summed E-state index contributed by atoms with van der Waals surface area (Å²) in [6.45, 7) is 20.2. The molecule has 0 radical (unpaired) electrons. The number of nitrogens with zero attached hydrogens (tertiary/aromatic N) is 4. The van der Waals surface area contributed by atoms with Crippen molar-refractivity contribution < 1.29 is 5.11 Å². The first-order chi connectivity index (χ1) is 22.0. The average molecular weight is 623 g/mol. The Bertz CT molecular complexity index is 2070. The van der Waals surface area contributed by atoms with Gasteiger partial charge in [-0.1, -0.05) is 92.6 Å². The van der Waals surface area contributed by atoms with Gasteiger partial charge in [0.2, 0.25) is 0 Å². The number of phenolic OH excluding ortho intramolecular Hbond substituents is 1. The molecule has 3 aromatic carbocycles. The third-order valence-electron chi connectivity index (χ3n) is 9.06. The maximum absolute atomic E-state index is 11.0. The highest BCUT2D eigenvalue weighted by atomic mass is 16.3. The number of phenols is 1. The van der Waals surface area contributed by atoms with Crippen molar-refractivity contribution in [3.63, 3.8) is 0 Å². The van der Waals surface area contributed by atoms with Crippen LogP contribution in [0.4, 0.5) is 0 Å². The van der Waals surface area contributed by atoms with Gasteiger partial charge in [0.1, 0.15) is 17.1 Å². The molecule has 5 heteroatoms. The lowest BCUT2D eigenvalue weighted by atomic mass is 9.78. The molecule has 0 aliphatic carbocycles. The summed E-state index contributed by atoms with van der Waals surface area (Å²) in [5.41, 5.74) is 12.2. The quantitative estimate of drug-likeness (QED) is 0.212. The summed E-state index contributed by atoms with van der Waals surface area (Å²) < 4.78 is 1.98. The smallest absolute Gasteiger partial charge is 0.160 e. The Labute approximate surface area is 279 Å². The third kappa shape index (κ3) is 6.32. The number of benzene rings is 3. The van der Waals surface area contributed by atoms with E-state index in [1.807, 2.05) is 54.3 Å². The van der Waals surface area contributed by atoms with Crippen molar-refractivity contribution in [1.82, 2.24) is 19.5 Å². The summed E-state index contributed by atoms with van der Waals surface area (Å²) in [7, 11) is 1.96. The van der Waals surface area contributed by atoms with Gasteiger partial charge in [-0.15, -0.1) is 0 Å². The Kier molecular flexibility index (Phi) is 7.86. The van der Waals surface area contributed by atoms with Gasteiger partial charge < -0.3 is 9.67 Å². The zero-order chi connectivity index (χ0) is 33.9. The lowest BCUT2D eigenvalue weighted by molar-refractivity contribution is 0.475. The van der Waals surface area contributed by atoms with E-state index in [4.69, 9.17) is 15.0 Å². The largest absolute Gasteiger partial charge is 0.507 e. The van der Waals surface area contributed by atoms with E-state index in [0.717, 1.165) is 44.7 Å². The molecule has 47 heavy (non-hydrogen) atoms. The van der Waals surface area contributed by atoms with Crippen LogP contribution >= 0.6 is 0 Å². The number of fused-ring (bicyclic) bond motifs is 1. The number of rotatable bonds is 4. The van der Waals surface area contributed by atoms with E-state index in [1.165, 1.54) is 16.7 Å². The van der Waals surface area contributed by atoms with E-state index in [1.54, 1.807) is 6.07 Å². The molecule has 0 aliphatic rings. The van der Waals surface area contributed by atoms with Gasteiger partial charge in [-0.05, 0) is 98.2 Å². The summed E-state index contributed by atoms with van der Waals surface area (Å²) in [5.74, 6) is 0.878. The van der Waals surface area contributed by atoms with Crippen molar-refractivity contribution in [3.05, 3.63) is 108 Å². The molecular formula is C42H46N4O. The summed E-state index contributed by atoms with van der Waals surface area (Å²) in [4.78, 5) is 14.7. The SMILES string of the molecule is Cn1c(-c2cc(C(C)(C)C)ccc2O)nc2c(-c3cc(-c4cc(C(C)(C)C)cc(C(C)(C)C)c4)cc(-c4ccccn4)c3)ccnc21. The van der Waals surface area contributed by atoms with Crippen LogP contribution in [0.3, 0.4) is 0 Å². The molecule has 5 nitrogen and oxygen atoms in total. The summed E-state index contributed by atoms with van der Waals surface area (Å²) >= 11 is 0. The molecule has 1 N–H and O–H groups in total. The van der Waals surface area contributed by atoms with E-state index in [9.17, 15) is 5.11 Å². The highest BCUT2D eigenvalue weighted by Crippen LogP contribution is 2.40. The lowest BCUT2D eigenvalue weighted by Gasteiger charge is -2.26. The molecule has 0 amide bonds. The van der Waals surface area contributed by atoms with Crippen molar-refractivity contribution in [2.24, 2.45) is 7.05 Å². The molecule has 0 saturated heterocycles. The van der Waals surface area contributed by atoms with Crippen LogP contribution in [0.25, 0.3) is 56.1 Å². The van der Waals surface area contributed by atoms with Crippen LogP contribution < -0.4 is 0 Å². The van der Waals surface area contributed by atoms with Gasteiger partial charge in [-0.25, -0.2) is 9.97 Å². The number of hydrogen-bond acceptors (Lipinski definition) is 4. The van der Waals surface area contributed by atoms with Crippen molar-refractivity contribution in [2.75, 3.05) is 0 Å². The minimum absolute atomic E-state index is 0.00505. The number of imidazole rings is 1.